The van der Waals surface area contributed by atoms with Crippen molar-refractivity contribution in [3.05, 3.63) is 0 Å². The number of ether oxygens (including phenoxy) is 4. The second-order valence-electron chi connectivity index (χ2n) is 2.67. The summed E-state index contributed by atoms with van der Waals surface area (Å²) in [5.74, 6) is -0.338. The molecule has 5 nitrogen and oxygen atoms in total. The van der Waals surface area contributed by atoms with Gasteiger partial charge in [-0.3, -0.25) is 4.79 Å². The number of alkyl halides is 1. The number of rotatable bonds is 9. The molecule has 1 unspecified atom stereocenters. The number of carbonyl (C=O) groups is 1. The van der Waals surface area contributed by atoms with Gasteiger partial charge in [0.05, 0.1) is 40.1 Å². The average Bonchev–Trinajstić information content (AvgIpc) is 2.26. The maximum Gasteiger partial charge on any atom is 0.321 e. The first-order valence-corrected chi connectivity index (χ1v) is 5.50. The number of hydrogen-bond acceptors (Lipinski definition) is 5. The Balaban J connectivity index is 3.20. The first kappa shape index (κ1) is 14.8. The van der Waals surface area contributed by atoms with E-state index in [2.05, 4.69) is 20.7 Å². The Morgan fingerprint density at radius 2 is 1.73 bits per heavy atom. The lowest BCUT2D eigenvalue weighted by Crippen LogP contribution is -2.22. The number of halogens is 1. The van der Waals surface area contributed by atoms with Gasteiger partial charge in [-0.15, -0.1) is 0 Å². The van der Waals surface area contributed by atoms with Crippen LogP contribution in [0.4, 0.5) is 0 Å². The Labute approximate surface area is 98.1 Å². The molecule has 0 saturated heterocycles. The van der Waals surface area contributed by atoms with Crippen LogP contribution in [0.3, 0.4) is 0 Å². The van der Waals surface area contributed by atoms with Crippen LogP contribution in [0.5, 0.6) is 0 Å². The van der Waals surface area contributed by atoms with E-state index in [1.165, 1.54) is 7.11 Å². The van der Waals surface area contributed by atoms with E-state index < -0.39 is 4.83 Å². The summed E-state index contributed by atoms with van der Waals surface area (Å²) in [7, 11) is 2.95. The van der Waals surface area contributed by atoms with E-state index in [4.69, 9.17) is 14.2 Å². The molecular weight excluding hydrogens is 268 g/mol. The highest BCUT2D eigenvalue weighted by atomic mass is 79.9. The van der Waals surface area contributed by atoms with E-state index >= 15 is 0 Å². The highest BCUT2D eigenvalue weighted by molar-refractivity contribution is 9.10. The van der Waals surface area contributed by atoms with Crippen molar-refractivity contribution in [1.29, 1.82) is 0 Å². The molecule has 0 aromatic rings. The Hall–Kier alpha value is -0.170. The van der Waals surface area contributed by atoms with Crippen LogP contribution in [0.15, 0.2) is 0 Å². The Kier molecular flexibility index (Phi) is 10.2. The first-order valence-electron chi connectivity index (χ1n) is 4.58. The van der Waals surface area contributed by atoms with Crippen molar-refractivity contribution in [1.82, 2.24) is 0 Å². The largest absolute Gasteiger partial charge is 0.468 e. The molecule has 0 rings (SSSR count). The second-order valence-corrected chi connectivity index (χ2v) is 3.78. The molecule has 0 fully saturated rings. The van der Waals surface area contributed by atoms with Crippen molar-refractivity contribution in [3.63, 3.8) is 0 Å². The van der Waals surface area contributed by atoms with Crippen molar-refractivity contribution in [2.24, 2.45) is 0 Å². The van der Waals surface area contributed by atoms with Crippen LogP contribution >= 0.6 is 15.9 Å². The molecule has 0 amide bonds. The lowest BCUT2D eigenvalue weighted by molar-refractivity contribution is -0.141. The number of carbonyl (C=O) groups excluding carboxylic acids is 1. The molecule has 0 bridgehead atoms. The molecule has 0 N–H and O–H groups in total. The average molecular weight is 285 g/mol. The van der Waals surface area contributed by atoms with Crippen molar-refractivity contribution in [3.8, 4) is 0 Å². The maximum absolute atomic E-state index is 10.9. The molecule has 0 radical (unpaired) electrons. The molecule has 0 heterocycles. The van der Waals surface area contributed by atoms with E-state index in [1.54, 1.807) is 7.11 Å². The summed E-state index contributed by atoms with van der Waals surface area (Å²) in [6, 6.07) is 0. The number of methoxy groups -OCH3 is 2. The molecule has 0 aliphatic heterocycles. The van der Waals surface area contributed by atoms with Crippen LogP contribution < -0.4 is 0 Å². The van der Waals surface area contributed by atoms with E-state index in [0.29, 0.717) is 26.4 Å². The summed E-state index contributed by atoms with van der Waals surface area (Å²) >= 11 is 3.14. The third-order valence-electron chi connectivity index (χ3n) is 1.52. The molecule has 0 aliphatic rings. The predicted octanol–water partition coefficient (Wildman–Crippen LogP) is 0.602. The highest BCUT2D eigenvalue weighted by Gasteiger charge is 2.14. The van der Waals surface area contributed by atoms with Gasteiger partial charge in [-0.1, -0.05) is 15.9 Å². The van der Waals surface area contributed by atoms with Gasteiger partial charge in [0.1, 0.15) is 4.83 Å². The molecule has 0 aromatic carbocycles. The van der Waals surface area contributed by atoms with Gasteiger partial charge in [-0.05, 0) is 0 Å². The number of esters is 1. The zero-order valence-corrected chi connectivity index (χ0v) is 10.6. The van der Waals surface area contributed by atoms with E-state index in [0.717, 1.165) is 0 Å². The molecule has 0 aromatic heterocycles. The normalized spacial score (nSPS) is 12.5. The van der Waals surface area contributed by atoms with Gasteiger partial charge in [-0.2, -0.15) is 0 Å². The van der Waals surface area contributed by atoms with Crippen molar-refractivity contribution in [2.45, 2.75) is 4.83 Å². The summed E-state index contributed by atoms with van der Waals surface area (Å²) in [5, 5.41) is 0. The zero-order chi connectivity index (χ0) is 11.5. The molecule has 0 saturated carbocycles. The monoisotopic (exact) mass is 284 g/mol. The van der Waals surface area contributed by atoms with Crippen molar-refractivity contribution in [2.75, 3.05) is 47.3 Å². The second kappa shape index (κ2) is 10.4. The van der Waals surface area contributed by atoms with Gasteiger partial charge in [0.25, 0.3) is 0 Å². The fourth-order valence-electron chi connectivity index (χ4n) is 0.745. The number of hydrogen-bond donors (Lipinski definition) is 0. The van der Waals surface area contributed by atoms with Gasteiger partial charge in [0.2, 0.25) is 0 Å². The van der Waals surface area contributed by atoms with Crippen LogP contribution in [0.2, 0.25) is 0 Å². The summed E-state index contributed by atoms with van der Waals surface area (Å²) < 4.78 is 19.7. The molecule has 15 heavy (non-hydrogen) atoms. The quantitative estimate of drug-likeness (QED) is 0.353. The topological polar surface area (TPSA) is 54.0 Å². The summed E-state index contributed by atoms with van der Waals surface area (Å²) in [4.78, 5) is 10.5. The van der Waals surface area contributed by atoms with Crippen LogP contribution in [0.25, 0.3) is 0 Å². The molecule has 6 heteroatoms. The Morgan fingerprint density at radius 3 is 2.33 bits per heavy atom. The third-order valence-corrected chi connectivity index (χ3v) is 2.16. The molecule has 90 valence electrons. The summed E-state index contributed by atoms with van der Waals surface area (Å²) in [6.07, 6.45) is 0. The Morgan fingerprint density at radius 1 is 1.13 bits per heavy atom. The van der Waals surface area contributed by atoms with Gasteiger partial charge >= 0.3 is 5.97 Å². The van der Waals surface area contributed by atoms with Crippen LogP contribution in [0, 0.1) is 0 Å². The summed E-state index contributed by atoms with van der Waals surface area (Å²) in [6.45, 7) is 2.34. The highest BCUT2D eigenvalue weighted by Crippen LogP contribution is 2.01. The minimum atomic E-state index is -0.415. The fourth-order valence-corrected chi connectivity index (χ4v) is 1.12. The van der Waals surface area contributed by atoms with Crippen LogP contribution in [0.1, 0.15) is 0 Å². The van der Waals surface area contributed by atoms with Gasteiger partial charge in [0.15, 0.2) is 0 Å². The molecule has 0 aliphatic carbocycles. The van der Waals surface area contributed by atoms with Crippen LogP contribution in [-0.2, 0) is 23.7 Å². The van der Waals surface area contributed by atoms with E-state index in [-0.39, 0.29) is 12.6 Å². The van der Waals surface area contributed by atoms with Crippen molar-refractivity contribution >= 4 is 21.9 Å². The minimum Gasteiger partial charge on any atom is -0.468 e. The Bertz CT molecular complexity index is 165. The smallest absolute Gasteiger partial charge is 0.321 e. The fraction of sp³-hybridized carbons (Fsp3) is 0.889. The third kappa shape index (κ3) is 8.80. The zero-order valence-electron chi connectivity index (χ0n) is 9.03. The van der Waals surface area contributed by atoms with Gasteiger partial charge in [0, 0.05) is 7.11 Å². The standard InChI is InChI=1S/C9H17BrO5/c1-12-3-4-14-5-6-15-7-8(10)9(11)13-2/h8H,3-7H2,1-2H3. The maximum atomic E-state index is 10.9. The minimum absolute atomic E-state index is 0.278. The molecule has 1 atom stereocenters. The van der Waals surface area contributed by atoms with Crippen molar-refractivity contribution < 1.29 is 23.7 Å². The first-order chi connectivity index (χ1) is 7.22. The van der Waals surface area contributed by atoms with E-state index in [1.807, 2.05) is 0 Å². The van der Waals surface area contributed by atoms with Crippen LogP contribution in [-0.4, -0.2) is 58.1 Å². The SMILES string of the molecule is COCCOCCOCC(Br)C(=O)OC. The van der Waals surface area contributed by atoms with Gasteiger partial charge < -0.3 is 18.9 Å². The summed E-state index contributed by atoms with van der Waals surface area (Å²) in [5.41, 5.74) is 0. The predicted molar refractivity (Wildman–Crippen MR) is 58.2 cm³/mol. The van der Waals surface area contributed by atoms with E-state index in [9.17, 15) is 4.79 Å². The molecular formula is C9H17BrO5. The lowest BCUT2D eigenvalue weighted by atomic mass is 10.5. The van der Waals surface area contributed by atoms with Gasteiger partial charge in [-0.25, -0.2) is 0 Å². The molecule has 0 spiro atoms. The lowest BCUT2D eigenvalue weighted by Gasteiger charge is -2.08.